The average Bonchev–Trinajstić information content (AvgIpc) is 3.23. The smallest absolute Gasteiger partial charge is 0.342 e. The highest BCUT2D eigenvalue weighted by molar-refractivity contribution is 8.03. The molecule has 0 saturated carbocycles. The number of rotatable bonds is 6. The van der Waals surface area contributed by atoms with Gasteiger partial charge in [0.1, 0.15) is 21.4 Å². The van der Waals surface area contributed by atoms with Crippen molar-refractivity contribution in [3.63, 3.8) is 0 Å². The van der Waals surface area contributed by atoms with Crippen LogP contribution in [0.4, 0.5) is 5.69 Å². The van der Waals surface area contributed by atoms with Crippen LogP contribution in [0.3, 0.4) is 0 Å². The molecule has 2 heterocycles. The maximum Gasteiger partial charge on any atom is 0.342 e. The topological polar surface area (TPSA) is 132 Å². The van der Waals surface area contributed by atoms with Crippen molar-refractivity contribution in [2.45, 2.75) is 12.1 Å². The van der Waals surface area contributed by atoms with Gasteiger partial charge in [-0.3, -0.25) is 10.1 Å². The number of hydrogen-bond donors (Lipinski definition) is 1. The molecule has 0 spiro atoms. The Morgan fingerprint density at radius 1 is 1.30 bits per heavy atom. The minimum atomic E-state index is -1.20. The summed E-state index contributed by atoms with van der Waals surface area (Å²) >= 11 is 6.58. The summed E-state index contributed by atoms with van der Waals surface area (Å²) in [7, 11) is 0. The van der Waals surface area contributed by atoms with Gasteiger partial charge >= 0.3 is 5.97 Å². The van der Waals surface area contributed by atoms with Gasteiger partial charge in [0.25, 0.3) is 10.9 Å². The first-order valence-corrected chi connectivity index (χ1v) is 8.50. The number of aryl methyl sites for hydroxylation is 1. The molecule has 0 amide bonds. The molecule has 11 heteroatoms. The molecular weight excluding hydrogens is 398 g/mol. The van der Waals surface area contributed by atoms with Crippen LogP contribution in [0.2, 0.25) is 5.02 Å². The molecule has 0 atom stereocenters. The van der Waals surface area contributed by atoms with Gasteiger partial charge in [-0.05, 0) is 36.0 Å². The van der Waals surface area contributed by atoms with Gasteiger partial charge in [0.2, 0.25) is 5.89 Å². The van der Waals surface area contributed by atoms with Gasteiger partial charge < -0.3 is 13.9 Å². The number of furan rings is 1. The minimum absolute atomic E-state index is 0.00911. The molecule has 27 heavy (non-hydrogen) atoms. The number of carboxylic acid groups (broad SMARTS) is 1. The molecule has 138 valence electrons. The molecule has 0 saturated heterocycles. The number of carboxylic acids is 1. The lowest BCUT2D eigenvalue weighted by Gasteiger charge is -2.00. The molecule has 0 aliphatic heterocycles. The van der Waals surface area contributed by atoms with E-state index in [1.807, 2.05) is 0 Å². The third kappa shape index (κ3) is 4.36. The van der Waals surface area contributed by atoms with Crippen molar-refractivity contribution in [2.75, 3.05) is 0 Å². The SMILES string of the molecule is Cc1nnc(S/C(=C\c2ccc(-c3ccc(Cl)c([N+](=O)[O-])c3)o2)C(=O)O)o1. The van der Waals surface area contributed by atoms with Crippen molar-refractivity contribution >= 4 is 41.1 Å². The predicted molar refractivity (Wildman–Crippen MR) is 96.3 cm³/mol. The van der Waals surface area contributed by atoms with E-state index in [0.29, 0.717) is 17.2 Å². The van der Waals surface area contributed by atoms with E-state index in [2.05, 4.69) is 10.2 Å². The third-order valence-electron chi connectivity index (χ3n) is 3.24. The summed E-state index contributed by atoms with van der Waals surface area (Å²) in [6, 6.07) is 7.35. The van der Waals surface area contributed by atoms with Crippen molar-refractivity contribution in [2.24, 2.45) is 0 Å². The van der Waals surface area contributed by atoms with Gasteiger partial charge in [0.15, 0.2) is 0 Å². The summed E-state index contributed by atoms with van der Waals surface area (Å²) in [4.78, 5) is 21.7. The van der Waals surface area contributed by atoms with Crippen LogP contribution >= 0.6 is 23.4 Å². The molecule has 3 rings (SSSR count). The summed E-state index contributed by atoms with van der Waals surface area (Å²) in [6.07, 6.45) is 1.29. The van der Waals surface area contributed by atoms with E-state index >= 15 is 0 Å². The number of nitro benzene ring substituents is 1. The molecule has 0 aliphatic rings. The first kappa shape index (κ1) is 18.7. The van der Waals surface area contributed by atoms with Crippen LogP contribution in [0, 0.1) is 17.0 Å². The Morgan fingerprint density at radius 3 is 2.70 bits per heavy atom. The highest BCUT2D eigenvalue weighted by Crippen LogP contribution is 2.33. The van der Waals surface area contributed by atoms with E-state index in [-0.39, 0.29) is 26.6 Å². The molecule has 0 aliphatic carbocycles. The Morgan fingerprint density at radius 2 is 2.07 bits per heavy atom. The lowest BCUT2D eigenvalue weighted by Crippen LogP contribution is -1.96. The molecule has 1 N–H and O–H groups in total. The zero-order valence-electron chi connectivity index (χ0n) is 13.6. The molecule has 3 aromatic rings. The van der Waals surface area contributed by atoms with Gasteiger partial charge in [-0.15, -0.1) is 10.2 Å². The molecule has 0 unspecified atom stereocenters. The van der Waals surface area contributed by atoms with E-state index in [1.54, 1.807) is 25.1 Å². The highest BCUT2D eigenvalue weighted by atomic mass is 35.5. The number of nitro groups is 1. The molecular formula is C16H10ClN3O6S. The van der Waals surface area contributed by atoms with E-state index in [1.165, 1.54) is 18.2 Å². The van der Waals surface area contributed by atoms with Crippen molar-refractivity contribution in [3.8, 4) is 11.3 Å². The Kier molecular flexibility index (Phi) is 5.28. The minimum Gasteiger partial charge on any atom is -0.477 e. The van der Waals surface area contributed by atoms with Crippen LogP contribution in [0.15, 0.2) is 49.3 Å². The quantitative estimate of drug-likeness (QED) is 0.273. The standard InChI is InChI=1S/C16H10ClN3O6S/c1-8-18-19-16(25-8)27-14(15(21)22)7-10-3-5-13(26-10)9-2-4-11(17)12(6-9)20(23)24/h2-7H,1H3,(H,21,22)/b14-7-. The van der Waals surface area contributed by atoms with Crippen molar-refractivity contribution in [1.29, 1.82) is 0 Å². The fraction of sp³-hybridized carbons (Fsp3) is 0.0625. The zero-order chi connectivity index (χ0) is 19.6. The number of carbonyl (C=O) groups is 1. The summed E-state index contributed by atoms with van der Waals surface area (Å²) < 4.78 is 10.7. The molecule has 0 radical (unpaired) electrons. The fourth-order valence-corrected chi connectivity index (χ4v) is 2.95. The van der Waals surface area contributed by atoms with Crippen LogP contribution in [-0.2, 0) is 4.79 Å². The van der Waals surface area contributed by atoms with Gasteiger partial charge in [-0.2, -0.15) is 0 Å². The second-order valence-corrected chi connectivity index (χ2v) is 6.53. The average molecular weight is 408 g/mol. The van der Waals surface area contributed by atoms with Crippen molar-refractivity contribution in [1.82, 2.24) is 10.2 Å². The fourth-order valence-electron chi connectivity index (χ4n) is 2.07. The number of nitrogens with zero attached hydrogens (tertiary/aromatic N) is 3. The normalized spacial score (nSPS) is 11.6. The van der Waals surface area contributed by atoms with Crippen LogP contribution in [0.5, 0.6) is 0 Å². The monoisotopic (exact) mass is 407 g/mol. The third-order valence-corrected chi connectivity index (χ3v) is 4.41. The zero-order valence-corrected chi connectivity index (χ0v) is 15.2. The lowest BCUT2D eigenvalue weighted by atomic mass is 10.1. The van der Waals surface area contributed by atoms with E-state index < -0.39 is 10.9 Å². The van der Waals surface area contributed by atoms with Crippen molar-refractivity contribution in [3.05, 3.63) is 62.0 Å². The lowest BCUT2D eigenvalue weighted by molar-refractivity contribution is -0.384. The largest absolute Gasteiger partial charge is 0.477 e. The Bertz CT molecular complexity index is 1060. The molecule has 2 aromatic heterocycles. The second kappa shape index (κ2) is 7.64. The predicted octanol–water partition coefficient (Wildman–Crippen LogP) is 4.42. The van der Waals surface area contributed by atoms with Gasteiger partial charge in [0.05, 0.1) is 4.92 Å². The first-order chi connectivity index (χ1) is 12.8. The number of thioether (sulfide) groups is 1. The van der Waals surface area contributed by atoms with E-state index in [4.69, 9.17) is 20.4 Å². The van der Waals surface area contributed by atoms with Gasteiger partial charge in [0, 0.05) is 24.6 Å². The molecule has 0 fully saturated rings. The Labute approximate surface area is 160 Å². The molecule has 1 aromatic carbocycles. The van der Waals surface area contributed by atoms with Crippen LogP contribution < -0.4 is 0 Å². The Hall–Kier alpha value is -3.11. The maximum absolute atomic E-state index is 11.4. The summed E-state index contributed by atoms with van der Waals surface area (Å²) in [5.41, 5.74) is 0.180. The molecule has 0 bridgehead atoms. The molecule has 9 nitrogen and oxygen atoms in total. The first-order valence-electron chi connectivity index (χ1n) is 7.30. The number of hydrogen-bond acceptors (Lipinski definition) is 8. The van der Waals surface area contributed by atoms with Crippen LogP contribution in [-0.4, -0.2) is 26.2 Å². The van der Waals surface area contributed by atoms with Gasteiger partial charge in [-0.1, -0.05) is 11.6 Å². The maximum atomic E-state index is 11.4. The summed E-state index contributed by atoms with van der Waals surface area (Å²) in [6.45, 7) is 1.59. The van der Waals surface area contributed by atoms with Crippen molar-refractivity contribution < 1.29 is 23.7 Å². The van der Waals surface area contributed by atoms with Gasteiger partial charge in [-0.25, -0.2) is 4.79 Å². The highest BCUT2D eigenvalue weighted by Gasteiger charge is 2.17. The number of aromatic nitrogens is 2. The number of halogens is 1. The second-order valence-electron chi connectivity index (χ2n) is 5.13. The summed E-state index contributed by atoms with van der Waals surface area (Å²) in [5, 5.41) is 27.8. The summed E-state index contributed by atoms with van der Waals surface area (Å²) in [5.74, 6) is -0.323. The Balaban J connectivity index is 1.89. The van der Waals surface area contributed by atoms with E-state index in [9.17, 15) is 20.0 Å². The van der Waals surface area contributed by atoms with Crippen LogP contribution in [0.1, 0.15) is 11.7 Å². The van der Waals surface area contributed by atoms with Crippen LogP contribution in [0.25, 0.3) is 17.4 Å². The van der Waals surface area contributed by atoms with E-state index in [0.717, 1.165) is 11.8 Å². The number of aliphatic carboxylic acids is 1. The number of benzene rings is 1.